The maximum atomic E-state index is 12.9. The van der Waals surface area contributed by atoms with Crippen LogP contribution in [0.4, 0.5) is 0 Å². The molecule has 1 amide bonds. The molecule has 0 aliphatic carbocycles. The third-order valence-electron chi connectivity index (χ3n) is 3.77. The van der Waals surface area contributed by atoms with Gasteiger partial charge < -0.3 is 9.74 Å². The highest BCUT2D eigenvalue weighted by atomic mass is 35.5. The number of pyridine rings is 1. The minimum atomic E-state index is -0.591. The summed E-state index contributed by atoms with van der Waals surface area (Å²) in [5.74, 6) is -0.0722. The molecular formula is C17H18ClN3O2S. The fourth-order valence-corrected chi connectivity index (χ4v) is 3.52. The Morgan fingerprint density at radius 2 is 2.25 bits per heavy atom. The van der Waals surface area contributed by atoms with Crippen LogP contribution in [0.3, 0.4) is 0 Å². The summed E-state index contributed by atoms with van der Waals surface area (Å²) in [5.41, 5.74) is 1.62. The summed E-state index contributed by atoms with van der Waals surface area (Å²) in [6, 6.07) is 9.45. The summed E-state index contributed by atoms with van der Waals surface area (Å²) in [6.45, 7) is 4.42. The van der Waals surface area contributed by atoms with Crippen molar-refractivity contribution in [1.29, 1.82) is 0 Å². The zero-order chi connectivity index (χ0) is 17.1. The number of carbonyl (C=O) groups excluding carboxylic acids is 1. The van der Waals surface area contributed by atoms with E-state index in [1.54, 1.807) is 11.1 Å². The van der Waals surface area contributed by atoms with Crippen LogP contribution in [-0.2, 0) is 16.2 Å². The average Bonchev–Trinajstić information content (AvgIpc) is 3.21. The third kappa shape index (κ3) is 3.76. The van der Waals surface area contributed by atoms with Crippen molar-refractivity contribution in [1.82, 2.24) is 9.88 Å². The number of hydrogen-bond acceptors (Lipinski definition) is 5. The van der Waals surface area contributed by atoms with Crippen LogP contribution in [-0.4, -0.2) is 33.6 Å². The summed E-state index contributed by atoms with van der Waals surface area (Å²) >= 11 is 7.40. The SMILES string of the molecule is CC(C)N(Cc1ccccn1)C(=O)[C@H]1CC(c2ccc(Cl)s2)=NO1. The largest absolute Gasteiger partial charge is 0.382 e. The molecule has 0 fully saturated rings. The topological polar surface area (TPSA) is 54.8 Å². The molecule has 0 bridgehead atoms. The van der Waals surface area contributed by atoms with Crippen molar-refractivity contribution in [3.8, 4) is 0 Å². The van der Waals surface area contributed by atoms with E-state index < -0.39 is 6.10 Å². The Balaban J connectivity index is 1.68. The molecule has 2 aromatic heterocycles. The Bertz CT molecular complexity index is 745. The van der Waals surface area contributed by atoms with Crippen LogP contribution in [0.15, 0.2) is 41.7 Å². The van der Waals surface area contributed by atoms with Gasteiger partial charge in [0.1, 0.15) is 5.71 Å². The molecule has 0 radical (unpaired) electrons. The van der Waals surface area contributed by atoms with Crippen LogP contribution in [0, 0.1) is 0 Å². The highest BCUT2D eigenvalue weighted by molar-refractivity contribution is 7.18. The van der Waals surface area contributed by atoms with Crippen molar-refractivity contribution >= 4 is 34.6 Å². The summed E-state index contributed by atoms with van der Waals surface area (Å²) in [5, 5.41) is 4.08. The minimum Gasteiger partial charge on any atom is -0.382 e. The highest BCUT2D eigenvalue weighted by Crippen LogP contribution is 2.27. The van der Waals surface area contributed by atoms with Gasteiger partial charge >= 0.3 is 0 Å². The zero-order valence-corrected chi connectivity index (χ0v) is 15.0. The maximum Gasteiger partial charge on any atom is 0.267 e. The van der Waals surface area contributed by atoms with E-state index in [1.807, 2.05) is 44.2 Å². The van der Waals surface area contributed by atoms with Crippen molar-refractivity contribution in [3.63, 3.8) is 0 Å². The van der Waals surface area contributed by atoms with Crippen molar-refractivity contribution < 1.29 is 9.63 Å². The lowest BCUT2D eigenvalue weighted by molar-refractivity contribution is -0.144. The van der Waals surface area contributed by atoms with E-state index in [1.165, 1.54) is 11.3 Å². The van der Waals surface area contributed by atoms with Gasteiger partial charge in [-0.05, 0) is 38.1 Å². The van der Waals surface area contributed by atoms with E-state index in [0.29, 0.717) is 17.3 Å². The van der Waals surface area contributed by atoms with Gasteiger partial charge in [0.2, 0.25) is 6.10 Å². The second-order valence-electron chi connectivity index (χ2n) is 5.82. The summed E-state index contributed by atoms with van der Waals surface area (Å²) < 4.78 is 0.696. The number of aromatic nitrogens is 1. The number of oxime groups is 1. The maximum absolute atomic E-state index is 12.9. The molecule has 5 nitrogen and oxygen atoms in total. The molecule has 0 aromatic carbocycles. The Labute approximate surface area is 149 Å². The Kier molecular flexibility index (Phi) is 5.16. The number of carbonyl (C=O) groups is 1. The first-order valence-electron chi connectivity index (χ1n) is 7.73. The second kappa shape index (κ2) is 7.32. The van der Waals surface area contributed by atoms with Crippen LogP contribution < -0.4 is 0 Å². The van der Waals surface area contributed by atoms with Gasteiger partial charge in [-0.1, -0.05) is 22.8 Å². The highest BCUT2D eigenvalue weighted by Gasteiger charge is 2.34. The molecule has 2 aromatic rings. The van der Waals surface area contributed by atoms with Crippen molar-refractivity contribution in [2.45, 2.75) is 39.0 Å². The Hall–Kier alpha value is -1.92. The number of rotatable bonds is 5. The lowest BCUT2D eigenvalue weighted by atomic mass is 10.1. The summed E-state index contributed by atoms with van der Waals surface area (Å²) in [7, 11) is 0. The van der Waals surface area contributed by atoms with Gasteiger partial charge in [-0.25, -0.2) is 0 Å². The number of hydrogen-bond donors (Lipinski definition) is 0. The molecule has 0 N–H and O–H groups in total. The van der Waals surface area contributed by atoms with Gasteiger partial charge in [0.15, 0.2) is 0 Å². The zero-order valence-electron chi connectivity index (χ0n) is 13.5. The lowest BCUT2D eigenvalue weighted by Crippen LogP contribution is -2.43. The van der Waals surface area contributed by atoms with Gasteiger partial charge in [-0.2, -0.15) is 0 Å². The van der Waals surface area contributed by atoms with Gasteiger partial charge in [0.25, 0.3) is 5.91 Å². The molecule has 126 valence electrons. The van der Waals surface area contributed by atoms with Crippen molar-refractivity contribution in [2.75, 3.05) is 0 Å². The first kappa shape index (κ1) is 16.9. The van der Waals surface area contributed by atoms with E-state index in [-0.39, 0.29) is 11.9 Å². The first-order valence-corrected chi connectivity index (χ1v) is 8.93. The fraction of sp³-hybridized carbons (Fsp3) is 0.353. The average molecular weight is 364 g/mol. The third-order valence-corrected chi connectivity index (χ3v) is 5.05. The van der Waals surface area contributed by atoms with Crippen LogP contribution in [0.1, 0.15) is 30.8 Å². The van der Waals surface area contributed by atoms with E-state index in [9.17, 15) is 4.79 Å². The normalized spacial score (nSPS) is 16.8. The molecule has 0 spiro atoms. The van der Waals surface area contributed by atoms with Crippen LogP contribution in [0.25, 0.3) is 0 Å². The smallest absolute Gasteiger partial charge is 0.267 e. The minimum absolute atomic E-state index is 0.0448. The van der Waals surface area contributed by atoms with E-state index >= 15 is 0 Å². The predicted molar refractivity (Wildman–Crippen MR) is 95.3 cm³/mol. The van der Waals surface area contributed by atoms with E-state index in [0.717, 1.165) is 16.3 Å². The molecule has 3 rings (SSSR count). The Morgan fingerprint density at radius 3 is 2.88 bits per heavy atom. The second-order valence-corrected chi connectivity index (χ2v) is 7.54. The van der Waals surface area contributed by atoms with Gasteiger partial charge in [-0.3, -0.25) is 9.78 Å². The van der Waals surface area contributed by atoms with Crippen LogP contribution in [0.5, 0.6) is 0 Å². The number of nitrogens with zero attached hydrogens (tertiary/aromatic N) is 3. The lowest BCUT2D eigenvalue weighted by Gasteiger charge is -2.28. The molecule has 1 aliphatic heterocycles. The fourth-order valence-electron chi connectivity index (χ4n) is 2.49. The molecule has 0 saturated heterocycles. The van der Waals surface area contributed by atoms with Crippen molar-refractivity contribution in [2.24, 2.45) is 5.16 Å². The molecule has 1 atom stereocenters. The molecular weight excluding hydrogens is 346 g/mol. The molecule has 0 saturated carbocycles. The predicted octanol–water partition coefficient (Wildman–Crippen LogP) is 3.73. The molecule has 24 heavy (non-hydrogen) atoms. The summed E-state index contributed by atoms with van der Waals surface area (Å²) in [4.78, 5) is 25.3. The molecule has 0 unspecified atom stereocenters. The van der Waals surface area contributed by atoms with Gasteiger partial charge in [0.05, 0.1) is 21.5 Å². The number of thiophene rings is 1. The van der Waals surface area contributed by atoms with E-state index in [2.05, 4.69) is 10.1 Å². The molecule has 3 heterocycles. The number of halogens is 1. The van der Waals surface area contributed by atoms with Gasteiger partial charge in [0, 0.05) is 18.7 Å². The monoisotopic (exact) mass is 363 g/mol. The summed E-state index contributed by atoms with van der Waals surface area (Å²) in [6.07, 6.45) is 1.60. The Morgan fingerprint density at radius 1 is 1.42 bits per heavy atom. The molecule has 7 heteroatoms. The standard InChI is InChI=1S/C17H18ClN3O2S/c1-11(2)21(10-12-5-3-4-8-19-12)17(22)14-9-13(20-23-14)15-6-7-16(18)24-15/h3-8,11,14H,9-10H2,1-2H3/t14-/m1/s1. The number of amides is 1. The van der Waals surface area contributed by atoms with Crippen molar-refractivity contribution in [3.05, 3.63) is 51.4 Å². The first-order chi connectivity index (χ1) is 11.5. The molecule has 1 aliphatic rings. The van der Waals surface area contributed by atoms with Crippen LogP contribution >= 0.6 is 22.9 Å². The van der Waals surface area contributed by atoms with E-state index in [4.69, 9.17) is 16.4 Å². The quantitative estimate of drug-likeness (QED) is 0.813. The van der Waals surface area contributed by atoms with Gasteiger partial charge in [-0.15, -0.1) is 11.3 Å². The van der Waals surface area contributed by atoms with Crippen LogP contribution in [0.2, 0.25) is 4.34 Å².